The first-order chi connectivity index (χ1) is 18.4. The highest BCUT2D eigenvalue weighted by Crippen LogP contribution is 2.45. The van der Waals surface area contributed by atoms with Crippen molar-refractivity contribution in [3.63, 3.8) is 0 Å². The van der Waals surface area contributed by atoms with Crippen LogP contribution in [-0.4, -0.2) is 45.2 Å². The summed E-state index contributed by atoms with van der Waals surface area (Å²) < 4.78 is 11.8. The monoisotopic (exact) mass is 532 g/mol. The van der Waals surface area contributed by atoms with Gasteiger partial charge in [-0.3, -0.25) is 4.79 Å². The first-order valence-electron chi connectivity index (χ1n) is 13.3. The third-order valence-electron chi connectivity index (χ3n) is 7.57. The smallest absolute Gasteiger partial charge is 0.324 e. The summed E-state index contributed by atoms with van der Waals surface area (Å²) in [5.74, 6) is 1.48. The van der Waals surface area contributed by atoms with E-state index in [4.69, 9.17) is 25.0 Å². The Morgan fingerprint density at radius 1 is 1.08 bits per heavy atom. The molecule has 10 heteroatoms. The topological polar surface area (TPSA) is 120 Å². The third kappa shape index (κ3) is 4.97. The van der Waals surface area contributed by atoms with E-state index in [1.807, 2.05) is 24.3 Å². The molecule has 6 rings (SSSR count). The summed E-state index contributed by atoms with van der Waals surface area (Å²) in [6.45, 7) is 7.97. The zero-order valence-electron chi connectivity index (χ0n) is 21.9. The maximum absolute atomic E-state index is 11.7. The summed E-state index contributed by atoms with van der Waals surface area (Å²) in [6.07, 6.45) is 4.26. The van der Waals surface area contributed by atoms with Crippen molar-refractivity contribution in [3.05, 3.63) is 47.3 Å². The van der Waals surface area contributed by atoms with E-state index in [1.165, 1.54) is 11.3 Å². The lowest BCUT2D eigenvalue weighted by molar-refractivity contribution is 0.1000. The van der Waals surface area contributed by atoms with Crippen LogP contribution in [0.25, 0.3) is 21.6 Å². The van der Waals surface area contributed by atoms with E-state index in [0.717, 1.165) is 71.8 Å². The summed E-state index contributed by atoms with van der Waals surface area (Å²) in [6, 6.07) is 10.3. The lowest BCUT2D eigenvalue weighted by atomic mass is 9.92. The number of amides is 1. The molecule has 0 spiro atoms. The Hall–Kier alpha value is -3.53. The minimum absolute atomic E-state index is 0.0360. The molecular formula is C28H32N6O3S. The van der Waals surface area contributed by atoms with Crippen LogP contribution in [0.3, 0.4) is 0 Å². The van der Waals surface area contributed by atoms with Crippen LogP contribution in [0.2, 0.25) is 0 Å². The number of rotatable bonds is 8. The number of carbonyl (C=O) groups excluding carboxylic acids is 1. The summed E-state index contributed by atoms with van der Waals surface area (Å²) >= 11 is 1.48. The van der Waals surface area contributed by atoms with E-state index >= 15 is 0 Å². The van der Waals surface area contributed by atoms with Gasteiger partial charge in [0.2, 0.25) is 5.91 Å². The molecule has 1 aliphatic heterocycles. The number of primary amides is 1. The molecule has 2 fully saturated rings. The molecule has 2 aliphatic rings. The molecule has 1 saturated heterocycles. The Morgan fingerprint density at radius 2 is 1.87 bits per heavy atom. The van der Waals surface area contributed by atoms with Gasteiger partial charge in [0.25, 0.3) is 5.19 Å². The number of aromatic nitrogens is 4. The standard InChI is InChI=1S/C28H32N6O3S/c1-15(2)25-32-27(37-33-25)34-12-10-17(11-13-34)16(3)36-28-31-23-9-8-22(30-26(23)38-28)20-7-6-19(24(29)35)14-21(20)18-4-5-18/h6-9,14-18H,4-5,10-13H2,1-3H3,(H2,29,35). The van der Waals surface area contributed by atoms with Crippen LogP contribution in [0.1, 0.15) is 80.0 Å². The number of carbonyl (C=O) groups is 1. The molecule has 0 bridgehead atoms. The zero-order chi connectivity index (χ0) is 26.4. The van der Waals surface area contributed by atoms with Crippen molar-refractivity contribution in [1.29, 1.82) is 0 Å². The van der Waals surface area contributed by atoms with Crippen LogP contribution in [-0.2, 0) is 0 Å². The van der Waals surface area contributed by atoms with Gasteiger partial charge < -0.3 is 19.9 Å². The molecule has 1 saturated carbocycles. The second-order valence-electron chi connectivity index (χ2n) is 10.7. The average molecular weight is 533 g/mol. The van der Waals surface area contributed by atoms with Gasteiger partial charge in [0.05, 0.1) is 5.69 Å². The second kappa shape index (κ2) is 9.98. The molecule has 1 atom stereocenters. The fourth-order valence-corrected chi connectivity index (χ4v) is 5.96. The molecule has 1 unspecified atom stereocenters. The van der Waals surface area contributed by atoms with E-state index in [1.54, 1.807) is 6.07 Å². The Morgan fingerprint density at radius 3 is 2.55 bits per heavy atom. The van der Waals surface area contributed by atoms with Gasteiger partial charge in [0.15, 0.2) is 5.82 Å². The van der Waals surface area contributed by atoms with Crippen LogP contribution in [0.15, 0.2) is 34.9 Å². The highest BCUT2D eigenvalue weighted by molar-refractivity contribution is 7.19. The van der Waals surface area contributed by atoms with Crippen LogP contribution in [0.4, 0.5) is 6.01 Å². The van der Waals surface area contributed by atoms with Crippen LogP contribution < -0.4 is 15.4 Å². The maximum atomic E-state index is 11.7. The fraction of sp³-hybridized carbons (Fsp3) is 0.464. The van der Waals surface area contributed by atoms with Gasteiger partial charge in [-0.2, -0.15) is 4.98 Å². The van der Waals surface area contributed by atoms with E-state index in [0.29, 0.717) is 28.6 Å². The Bertz CT molecular complexity index is 1470. The molecule has 3 aromatic heterocycles. The number of nitrogens with two attached hydrogens (primary N) is 1. The molecule has 198 valence electrons. The summed E-state index contributed by atoms with van der Waals surface area (Å²) in [5.41, 5.74) is 9.98. The van der Waals surface area contributed by atoms with Gasteiger partial charge in [-0.25, -0.2) is 9.97 Å². The van der Waals surface area contributed by atoms with Gasteiger partial charge in [-0.05, 0) is 74.3 Å². The highest BCUT2D eigenvalue weighted by Gasteiger charge is 2.29. The number of pyridine rings is 1. The van der Waals surface area contributed by atoms with Crippen molar-refractivity contribution in [1.82, 2.24) is 20.1 Å². The number of benzene rings is 1. The van der Waals surface area contributed by atoms with Gasteiger partial charge >= 0.3 is 6.01 Å². The van der Waals surface area contributed by atoms with Gasteiger partial charge in [0.1, 0.15) is 16.5 Å². The van der Waals surface area contributed by atoms with Crippen molar-refractivity contribution in [2.24, 2.45) is 11.7 Å². The minimum Gasteiger partial charge on any atom is -0.467 e. The number of hydrogen-bond acceptors (Lipinski definition) is 9. The minimum atomic E-state index is -0.402. The molecule has 1 aliphatic carbocycles. The van der Waals surface area contributed by atoms with Gasteiger partial charge in [-0.1, -0.05) is 36.4 Å². The molecule has 38 heavy (non-hydrogen) atoms. The van der Waals surface area contributed by atoms with E-state index in [-0.39, 0.29) is 12.0 Å². The summed E-state index contributed by atoms with van der Waals surface area (Å²) in [7, 11) is 0. The highest BCUT2D eigenvalue weighted by atomic mass is 32.1. The summed E-state index contributed by atoms with van der Waals surface area (Å²) in [5, 5.41) is 4.73. The normalized spacial score (nSPS) is 17.3. The van der Waals surface area contributed by atoms with Gasteiger partial charge in [0, 0.05) is 30.1 Å². The van der Waals surface area contributed by atoms with Crippen molar-refractivity contribution in [2.75, 3.05) is 18.0 Å². The molecule has 4 heterocycles. The number of fused-ring (bicyclic) bond motifs is 1. The lowest BCUT2D eigenvalue weighted by Crippen LogP contribution is -2.38. The first kappa shape index (κ1) is 24.8. The molecule has 1 amide bonds. The van der Waals surface area contributed by atoms with Crippen LogP contribution >= 0.6 is 11.3 Å². The fourth-order valence-electron chi connectivity index (χ4n) is 5.08. The van der Waals surface area contributed by atoms with Crippen LogP contribution in [0, 0.1) is 5.92 Å². The second-order valence-corrected chi connectivity index (χ2v) is 11.6. The van der Waals surface area contributed by atoms with Crippen molar-refractivity contribution in [3.8, 4) is 16.5 Å². The van der Waals surface area contributed by atoms with Crippen LogP contribution in [0.5, 0.6) is 5.19 Å². The molecule has 2 N–H and O–H groups in total. The molecule has 0 radical (unpaired) electrons. The molecule has 9 nitrogen and oxygen atoms in total. The molecular weight excluding hydrogens is 500 g/mol. The zero-order valence-corrected chi connectivity index (χ0v) is 22.7. The van der Waals surface area contributed by atoms with Crippen molar-refractivity contribution in [2.45, 2.75) is 64.4 Å². The SMILES string of the molecule is CC(C)c1noc(N2CCC(C(C)Oc3nc4ccc(-c5ccc(C(N)=O)cc5C5CC5)nc4s3)CC2)n1. The predicted octanol–water partition coefficient (Wildman–Crippen LogP) is 5.52. The number of thiazole rings is 1. The Balaban J connectivity index is 1.13. The number of nitrogens with zero attached hydrogens (tertiary/aromatic N) is 5. The Labute approximate surface area is 225 Å². The quantitative estimate of drug-likeness (QED) is 0.315. The average Bonchev–Trinajstić information content (AvgIpc) is 3.49. The largest absolute Gasteiger partial charge is 0.467 e. The molecule has 4 aromatic rings. The number of ether oxygens (including phenoxy) is 1. The third-order valence-corrected chi connectivity index (χ3v) is 8.43. The molecule has 1 aromatic carbocycles. The summed E-state index contributed by atoms with van der Waals surface area (Å²) in [4.78, 5) is 28.9. The Kier molecular flexibility index (Phi) is 6.51. The van der Waals surface area contributed by atoms with Crippen molar-refractivity contribution < 1.29 is 14.1 Å². The van der Waals surface area contributed by atoms with E-state index in [2.05, 4.69) is 35.8 Å². The van der Waals surface area contributed by atoms with Gasteiger partial charge in [-0.15, -0.1) is 0 Å². The number of hydrogen-bond donors (Lipinski definition) is 1. The lowest BCUT2D eigenvalue weighted by Gasteiger charge is -2.33. The maximum Gasteiger partial charge on any atom is 0.324 e. The number of anilines is 1. The number of piperidine rings is 1. The van der Waals surface area contributed by atoms with E-state index in [9.17, 15) is 4.79 Å². The van der Waals surface area contributed by atoms with E-state index < -0.39 is 5.91 Å². The van der Waals surface area contributed by atoms with Crippen molar-refractivity contribution >= 4 is 33.6 Å². The first-order valence-corrected chi connectivity index (χ1v) is 14.1. The predicted molar refractivity (Wildman–Crippen MR) is 147 cm³/mol.